The van der Waals surface area contributed by atoms with E-state index in [1.165, 1.54) is 18.2 Å². The molecule has 150 valence electrons. The number of benzene rings is 2. The molecule has 2 aromatic carbocycles. The number of aliphatic carboxylic acids is 1. The summed E-state index contributed by atoms with van der Waals surface area (Å²) in [4.78, 5) is 16.1. The van der Waals surface area contributed by atoms with Crippen molar-refractivity contribution in [2.24, 2.45) is 0 Å². The van der Waals surface area contributed by atoms with Gasteiger partial charge in [0.1, 0.15) is 28.9 Å². The predicted molar refractivity (Wildman–Crippen MR) is 109 cm³/mol. The van der Waals surface area contributed by atoms with E-state index in [0.717, 1.165) is 36.0 Å². The molecule has 1 heterocycles. The molecule has 0 spiro atoms. The standard InChI is InChI=1S/C21H20FN3O3S/c1-2-5-19-23-21(25-24-19)29-18(20(26)27)12-15-6-3-4-7-17(15)28-13-14-8-10-16(22)11-9-14/h3-4,6-12H,2,5,13H2,1H3,(H,26,27)(H,23,24,25)/b18-12-. The zero-order valence-corrected chi connectivity index (χ0v) is 16.6. The normalized spacial score (nSPS) is 11.4. The molecular formula is C21H20FN3O3S. The van der Waals surface area contributed by atoms with Crippen molar-refractivity contribution in [3.8, 4) is 5.75 Å². The highest BCUT2D eigenvalue weighted by atomic mass is 32.2. The van der Waals surface area contributed by atoms with Crippen LogP contribution in [0.4, 0.5) is 4.39 Å². The first-order chi connectivity index (χ1) is 14.0. The van der Waals surface area contributed by atoms with E-state index < -0.39 is 5.97 Å². The van der Waals surface area contributed by atoms with Crippen molar-refractivity contribution in [1.82, 2.24) is 15.2 Å². The molecule has 0 saturated carbocycles. The van der Waals surface area contributed by atoms with Gasteiger partial charge in [0.15, 0.2) is 0 Å². The summed E-state index contributed by atoms with van der Waals surface area (Å²) in [5.74, 6) is -0.139. The van der Waals surface area contributed by atoms with Gasteiger partial charge in [-0.05, 0) is 48.0 Å². The van der Waals surface area contributed by atoms with Crippen molar-refractivity contribution >= 4 is 23.8 Å². The first kappa shape index (κ1) is 20.6. The highest BCUT2D eigenvalue weighted by molar-refractivity contribution is 8.04. The molecule has 3 rings (SSSR count). The van der Waals surface area contributed by atoms with Crippen LogP contribution in [0.25, 0.3) is 6.08 Å². The van der Waals surface area contributed by atoms with E-state index in [0.29, 0.717) is 16.5 Å². The number of carbonyl (C=O) groups is 1. The van der Waals surface area contributed by atoms with Crippen LogP contribution < -0.4 is 4.74 Å². The zero-order valence-electron chi connectivity index (χ0n) is 15.8. The van der Waals surface area contributed by atoms with Gasteiger partial charge in [0.25, 0.3) is 0 Å². The van der Waals surface area contributed by atoms with E-state index in [4.69, 9.17) is 4.74 Å². The molecule has 0 radical (unpaired) electrons. The average Bonchev–Trinajstić information content (AvgIpc) is 3.15. The van der Waals surface area contributed by atoms with Crippen LogP contribution in [-0.2, 0) is 17.8 Å². The Hall–Kier alpha value is -3.13. The summed E-state index contributed by atoms with van der Waals surface area (Å²) in [6.45, 7) is 2.27. The molecule has 8 heteroatoms. The number of aryl methyl sites for hydroxylation is 1. The summed E-state index contributed by atoms with van der Waals surface area (Å²) >= 11 is 0.974. The minimum Gasteiger partial charge on any atom is -0.488 e. The van der Waals surface area contributed by atoms with Crippen LogP contribution in [-0.4, -0.2) is 26.3 Å². The lowest BCUT2D eigenvalue weighted by Gasteiger charge is -2.10. The Morgan fingerprint density at radius 2 is 2.00 bits per heavy atom. The van der Waals surface area contributed by atoms with Crippen LogP contribution in [0.15, 0.2) is 58.6 Å². The molecule has 0 atom stereocenters. The number of H-pyrrole nitrogens is 1. The molecular weight excluding hydrogens is 393 g/mol. The number of aromatic amines is 1. The molecule has 0 amide bonds. The van der Waals surface area contributed by atoms with Crippen molar-refractivity contribution in [1.29, 1.82) is 0 Å². The van der Waals surface area contributed by atoms with Crippen LogP contribution in [0, 0.1) is 5.82 Å². The number of carboxylic acids is 1. The summed E-state index contributed by atoms with van der Waals surface area (Å²) in [5.41, 5.74) is 1.42. The second kappa shape index (κ2) is 9.88. The fourth-order valence-electron chi connectivity index (χ4n) is 2.52. The predicted octanol–water partition coefficient (Wildman–Crippen LogP) is 4.69. The Bertz CT molecular complexity index is 1000. The number of rotatable bonds is 9. The smallest absolute Gasteiger partial charge is 0.342 e. The van der Waals surface area contributed by atoms with Gasteiger partial charge in [-0.15, -0.1) is 5.10 Å². The number of aromatic nitrogens is 3. The lowest BCUT2D eigenvalue weighted by Crippen LogP contribution is -2.00. The average molecular weight is 413 g/mol. The van der Waals surface area contributed by atoms with Gasteiger partial charge in [0, 0.05) is 12.0 Å². The Morgan fingerprint density at radius 1 is 1.24 bits per heavy atom. The summed E-state index contributed by atoms with van der Waals surface area (Å²) < 4.78 is 18.9. The highest BCUT2D eigenvalue weighted by Crippen LogP contribution is 2.29. The number of hydrogen-bond acceptors (Lipinski definition) is 5. The summed E-state index contributed by atoms with van der Waals surface area (Å²) in [5, 5.41) is 16.8. The summed E-state index contributed by atoms with van der Waals surface area (Å²) in [6.07, 6.45) is 3.20. The van der Waals surface area contributed by atoms with Crippen molar-refractivity contribution in [3.63, 3.8) is 0 Å². The second-order valence-electron chi connectivity index (χ2n) is 6.18. The SMILES string of the molecule is CCCc1nc(S/C(=C\c2ccccc2OCc2ccc(F)cc2)C(=O)O)n[nH]1. The number of carboxylic acid groups (broad SMARTS) is 1. The van der Waals surface area contributed by atoms with Crippen molar-refractivity contribution < 1.29 is 19.0 Å². The van der Waals surface area contributed by atoms with E-state index in [9.17, 15) is 14.3 Å². The summed E-state index contributed by atoms with van der Waals surface area (Å²) in [6, 6.07) is 13.1. The molecule has 0 aliphatic heterocycles. The molecule has 3 aromatic rings. The Kier molecular flexibility index (Phi) is 7.02. The van der Waals surface area contributed by atoms with Gasteiger partial charge in [-0.25, -0.2) is 14.2 Å². The lowest BCUT2D eigenvalue weighted by atomic mass is 10.2. The summed E-state index contributed by atoms with van der Waals surface area (Å²) in [7, 11) is 0. The highest BCUT2D eigenvalue weighted by Gasteiger charge is 2.15. The van der Waals surface area contributed by atoms with Crippen LogP contribution in [0.1, 0.15) is 30.3 Å². The molecule has 29 heavy (non-hydrogen) atoms. The molecule has 0 saturated heterocycles. The number of ether oxygens (including phenoxy) is 1. The first-order valence-corrected chi connectivity index (χ1v) is 9.87. The maximum Gasteiger partial charge on any atom is 0.342 e. The van der Waals surface area contributed by atoms with Crippen LogP contribution in [0.2, 0.25) is 0 Å². The maximum absolute atomic E-state index is 13.0. The number of hydrogen-bond donors (Lipinski definition) is 2. The second-order valence-corrected chi connectivity index (χ2v) is 7.19. The number of nitrogens with one attached hydrogen (secondary N) is 1. The minimum absolute atomic E-state index is 0.0740. The fraction of sp³-hybridized carbons (Fsp3) is 0.190. The molecule has 6 nitrogen and oxygen atoms in total. The number of para-hydroxylation sites is 1. The van der Waals surface area contributed by atoms with Crippen molar-refractivity contribution in [3.05, 3.63) is 76.2 Å². The quantitative estimate of drug-likeness (QED) is 0.391. The Labute approximate surface area is 171 Å². The largest absolute Gasteiger partial charge is 0.488 e. The van der Waals surface area contributed by atoms with Crippen molar-refractivity contribution in [2.75, 3.05) is 0 Å². The third kappa shape index (κ3) is 5.92. The Morgan fingerprint density at radius 3 is 2.72 bits per heavy atom. The molecule has 0 fully saturated rings. The first-order valence-electron chi connectivity index (χ1n) is 9.05. The fourth-order valence-corrected chi connectivity index (χ4v) is 3.24. The van der Waals surface area contributed by atoms with Gasteiger partial charge in [-0.3, -0.25) is 5.10 Å². The van der Waals surface area contributed by atoms with E-state index >= 15 is 0 Å². The third-order valence-electron chi connectivity index (χ3n) is 3.92. The van der Waals surface area contributed by atoms with E-state index in [2.05, 4.69) is 15.2 Å². The third-order valence-corrected chi connectivity index (χ3v) is 4.80. The molecule has 0 aliphatic carbocycles. The van der Waals surface area contributed by atoms with Gasteiger partial charge in [0.05, 0.1) is 0 Å². The number of nitrogens with zero attached hydrogens (tertiary/aromatic N) is 2. The van der Waals surface area contributed by atoms with Crippen LogP contribution >= 0.6 is 11.8 Å². The molecule has 1 aromatic heterocycles. The molecule has 2 N–H and O–H groups in total. The Balaban J connectivity index is 1.78. The van der Waals surface area contributed by atoms with E-state index in [1.807, 2.05) is 6.92 Å². The van der Waals surface area contributed by atoms with Crippen LogP contribution in [0.5, 0.6) is 5.75 Å². The topological polar surface area (TPSA) is 88.1 Å². The molecule has 0 aliphatic rings. The zero-order chi connectivity index (χ0) is 20.6. The maximum atomic E-state index is 13.0. The van der Waals surface area contributed by atoms with E-state index in [-0.39, 0.29) is 17.3 Å². The van der Waals surface area contributed by atoms with Gasteiger partial charge >= 0.3 is 5.97 Å². The number of halogens is 1. The molecule has 0 bridgehead atoms. The van der Waals surface area contributed by atoms with Gasteiger partial charge in [-0.1, -0.05) is 37.3 Å². The van der Waals surface area contributed by atoms with Crippen molar-refractivity contribution in [2.45, 2.75) is 31.5 Å². The van der Waals surface area contributed by atoms with E-state index in [1.54, 1.807) is 36.4 Å². The van der Waals surface area contributed by atoms with Gasteiger partial charge < -0.3 is 9.84 Å². The molecule has 0 unspecified atom stereocenters. The number of thioether (sulfide) groups is 1. The monoisotopic (exact) mass is 413 g/mol. The van der Waals surface area contributed by atoms with Gasteiger partial charge in [-0.2, -0.15) is 0 Å². The minimum atomic E-state index is -1.08. The van der Waals surface area contributed by atoms with Crippen LogP contribution in [0.3, 0.4) is 0 Å². The van der Waals surface area contributed by atoms with Gasteiger partial charge in [0.2, 0.25) is 5.16 Å². The lowest BCUT2D eigenvalue weighted by molar-refractivity contribution is -0.131.